The van der Waals surface area contributed by atoms with Crippen molar-refractivity contribution in [3.8, 4) is 0 Å². The van der Waals surface area contributed by atoms with Crippen LogP contribution < -0.4 is 22.1 Å². The summed E-state index contributed by atoms with van der Waals surface area (Å²) in [6.07, 6.45) is 2.84. The quantitative estimate of drug-likeness (QED) is 0.497. The van der Waals surface area contributed by atoms with Gasteiger partial charge in [0.2, 0.25) is 11.8 Å². The second kappa shape index (κ2) is 13.0. The van der Waals surface area contributed by atoms with Crippen molar-refractivity contribution in [2.24, 2.45) is 5.73 Å². The van der Waals surface area contributed by atoms with E-state index in [1.165, 1.54) is 0 Å². The Bertz CT molecular complexity index is 790. The molecule has 2 rings (SSSR count). The minimum Gasteiger partial charge on any atom is -0.383 e. The van der Waals surface area contributed by atoms with Gasteiger partial charge in [0.1, 0.15) is 11.9 Å². The van der Waals surface area contributed by atoms with Crippen molar-refractivity contribution in [1.29, 1.82) is 0 Å². The molecule has 0 radical (unpaired) electrons. The molecule has 0 unspecified atom stereocenters. The molecular weight excluding hydrogens is 413 g/mol. The number of carbonyl (C=O) groups excluding carboxylic acids is 2. The van der Waals surface area contributed by atoms with E-state index in [2.05, 4.69) is 15.6 Å². The lowest BCUT2D eigenvalue weighted by atomic mass is 10.1. The zero-order valence-corrected chi connectivity index (χ0v) is 18.2. The van der Waals surface area contributed by atoms with E-state index in [0.717, 1.165) is 16.7 Å². The van der Waals surface area contributed by atoms with E-state index in [-0.39, 0.29) is 36.6 Å². The first-order chi connectivity index (χ1) is 12.9. The highest BCUT2D eigenvalue weighted by molar-refractivity contribution is 5.89. The Labute approximate surface area is 183 Å². The Morgan fingerprint density at radius 1 is 1.10 bits per heavy atom. The van der Waals surface area contributed by atoms with E-state index < -0.39 is 12.1 Å². The molecule has 6 N–H and O–H groups in total. The fraction of sp³-hybridized carbons (Fsp3) is 0.350. The average Bonchev–Trinajstić information content (AvgIpc) is 2.67. The molecule has 2 atom stereocenters. The molecule has 9 heteroatoms. The summed E-state index contributed by atoms with van der Waals surface area (Å²) in [6, 6.07) is 10.4. The molecule has 0 aliphatic heterocycles. The van der Waals surface area contributed by atoms with Crippen LogP contribution in [0.3, 0.4) is 0 Å². The molecule has 0 spiro atoms. The topological polar surface area (TPSA) is 123 Å². The Kier molecular flexibility index (Phi) is 11.9. The van der Waals surface area contributed by atoms with Crippen molar-refractivity contribution in [3.05, 3.63) is 59.3 Å². The zero-order valence-electron chi connectivity index (χ0n) is 16.6. The predicted molar refractivity (Wildman–Crippen MR) is 120 cm³/mol. The number of rotatable bonds is 8. The molecule has 160 valence electrons. The van der Waals surface area contributed by atoms with Gasteiger partial charge >= 0.3 is 0 Å². The summed E-state index contributed by atoms with van der Waals surface area (Å²) in [7, 11) is 0. The highest BCUT2D eigenvalue weighted by Crippen LogP contribution is 2.08. The molecule has 0 saturated heterocycles. The minimum atomic E-state index is -0.678. The van der Waals surface area contributed by atoms with Gasteiger partial charge in [0, 0.05) is 12.7 Å². The van der Waals surface area contributed by atoms with Gasteiger partial charge in [0.15, 0.2) is 0 Å². The van der Waals surface area contributed by atoms with Crippen molar-refractivity contribution in [2.45, 2.75) is 45.3 Å². The molecule has 1 aromatic heterocycles. The lowest BCUT2D eigenvalue weighted by molar-refractivity contribution is -0.129. The Morgan fingerprint density at radius 3 is 2.38 bits per heavy atom. The van der Waals surface area contributed by atoms with Crippen LogP contribution in [0, 0.1) is 6.92 Å². The summed E-state index contributed by atoms with van der Waals surface area (Å²) in [6.45, 7) is 3.80. The first-order valence-corrected chi connectivity index (χ1v) is 8.95. The van der Waals surface area contributed by atoms with E-state index in [1.807, 2.05) is 43.3 Å². The van der Waals surface area contributed by atoms with Crippen molar-refractivity contribution in [3.63, 3.8) is 0 Å². The van der Waals surface area contributed by atoms with Crippen LogP contribution in [0.2, 0.25) is 0 Å². The Morgan fingerprint density at radius 2 is 1.76 bits per heavy atom. The summed E-state index contributed by atoms with van der Waals surface area (Å²) in [5.41, 5.74) is 14.4. The lowest BCUT2D eigenvalue weighted by Gasteiger charge is -2.17. The molecule has 0 bridgehead atoms. The number of aryl methyl sites for hydroxylation is 2. The first-order valence-electron chi connectivity index (χ1n) is 8.95. The van der Waals surface area contributed by atoms with Crippen molar-refractivity contribution < 1.29 is 9.59 Å². The predicted octanol–water partition coefficient (Wildman–Crippen LogP) is 1.90. The highest BCUT2D eigenvalue weighted by atomic mass is 35.5. The van der Waals surface area contributed by atoms with Gasteiger partial charge in [-0.05, 0) is 49.4 Å². The van der Waals surface area contributed by atoms with Gasteiger partial charge in [0.05, 0.1) is 6.04 Å². The van der Waals surface area contributed by atoms with Gasteiger partial charge in [-0.3, -0.25) is 9.59 Å². The SMILES string of the molecule is Cc1cc(CNC(=O)[C@H](C)NC(=O)[C@H](N)CCc2ccccc2)cnc1N.Cl.Cl. The number of nitrogens with one attached hydrogen (secondary N) is 2. The molecule has 7 nitrogen and oxygen atoms in total. The third-order valence-electron chi connectivity index (χ3n) is 4.32. The van der Waals surface area contributed by atoms with Crippen LogP contribution >= 0.6 is 24.8 Å². The Balaban J connectivity index is 0.00000392. The van der Waals surface area contributed by atoms with Crippen LogP contribution in [-0.4, -0.2) is 28.9 Å². The molecule has 1 aromatic carbocycles. The maximum Gasteiger partial charge on any atom is 0.242 e. The fourth-order valence-electron chi connectivity index (χ4n) is 2.57. The maximum absolute atomic E-state index is 12.2. The van der Waals surface area contributed by atoms with E-state index in [9.17, 15) is 9.59 Å². The number of pyridine rings is 1. The van der Waals surface area contributed by atoms with E-state index >= 15 is 0 Å². The molecule has 2 aromatic rings. The largest absolute Gasteiger partial charge is 0.383 e. The number of nitrogens with zero attached hydrogens (tertiary/aromatic N) is 1. The maximum atomic E-state index is 12.2. The van der Waals surface area contributed by atoms with Crippen LogP contribution in [0.5, 0.6) is 0 Å². The number of carbonyl (C=O) groups is 2. The molecule has 0 aliphatic rings. The molecule has 29 heavy (non-hydrogen) atoms. The van der Waals surface area contributed by atoms with Crippen molar-refractivity contribution in [2.75, 3.05) is 5.73 Å². The van der Waals surface area contributed by atoms with E-state index in [4.69, 9.17) is 11.5 Å². The van der Waals surface area contributed by atoms with Gasteiger partial charge in [-0.1, -0.05) is 30.3 Å². The van der Waals surface area contributed by atoms with Crippen LogP contribution in [0.4, 0.5) is 5.82 Å². The number of amides is 2. The normalized spacial score (nSPS) is 12.0. The van der Waals surface area contributed by atoms with Gasteiger partial charge in [-0.25, -0.2) is 4.98 Å². The number of halogens is 2. The number of hydrogen-bond donors (Lipinski definition) is 4. The Hall–Kier alpha value is -2.35. The lowest BCUT2D eigenvalue weighted by Crippen LogP contribution is -2.50. The zero-order chi connectivity index (χ0) is 19.8. The monoisotopic (exact) mass is 441 g/mol. The third-order valence-corrected chi connectivity index (χ3v) is 4.32. The van der Waals surface area contributed by atoms with Gasteiger partial charge in [0.25, 0.3) is 0 Å². The standard InChI is InChI=1S/C20H27N5O2.2ClH/c1-13-10-16(11-23-18(13)22)12-24-19(26)14(2)25-20(27)17(21)9-8-15-6-4-3-5-7-15;;/h3-7,10-11,14,17H,8-9,12,21H2,1-2H3,(H2,22,23)(H,24,26)(H,25,27);2*1H/t14-,17+;;/m0../s1. The van der Waals surface area contributed by atoms with Crippen LogP contribution in [0.1, 0.15) is 30.0 Å². The molecular formula is C20H29Cl2N5O2. The molecule has 0 aliphatic carbocycles. The number of benzene rings is 1. The summed E-state index contributed by atoms with van der Waals surface area (Å²) >= 11 is 0. The molecule has 1 heterocycles. The highest BCUT2D eigenvalue weighted by Gasteiger charge is 2.19. The summed E-state index contributed by atoms with van der Waals surface area (Å²) in [5, 5.41) is 5.43. The van der Waals surface area contributed by atoms with Crippen LogP contribution in [-0.2, 0) is 22.6 Å². The van der Waals surface area contributed by atoms with Crippen molar-refractivity contribution in [1.82, 2.24) is 15.6 Å². The second-order valence-corrected chi connectivity index (χ2v) is 6.62. The number of aromatic nitrogens is 1. The number of nitrogens with two attached hydrogens (primary N) is 2. The van der Waals surface area contributed by atoms with E-state index in [1.54, 1.807) is 13.1 Å². The van der Waals surface area contributed by atoms with Crippen LogP contribution in [0.25, 0.3) is 0 Å². The number of hydrogen-bond acceptors (Lipinski definition) is 5. The van der Waals surface area contributed by atoms with E-state index in [0.29, 0.717) is 25.2 Å². The smallest absolute Gasteiger partial charge is 0.242 e. The van der Waals surface area contributed by atoms with Gasteiger partial charge in [-0.15, -0.1) is 24.8 Å². The van der Waals surface area contributed by atoms with Crippen LogP contribution in [0.15, 0.2) is 42.6 Å². The molecule has 0 fully saturated rings. The van der Waals surface area contributed by atoms with Gasteiger partial charge in [-0.2, -0.15) is 0 Å². The first kappa shape index (κ1) is 26.6. The fourth-order valence-corrected chi connectivity index (χ4v) is 2.57. The molecule has 2 amide bonds. The second-order valence-electron chi connectivity index (χ2n) is 6.62. The average molecular weight is 442 g/mol. The number of anilines is 1. The summed E-state index contributed by atoms with van der Waals surface area (Å²) < 4.78 is 0. The number of nitrogen functional groups attached to an aromatic ring is 1. The van der Waals surface area contributed by atoms with Crippen molar-refractivity contribution >= 4 is 42.4 Å². The molecule has 0 saturated carbocycles. The summed E-state index contributed by atoms with van der Waals surface area (Å²) in [5.74, 6) is -0.151. The van der Waals surface area contributed by atoms with Gasteiger partial charge < -0.3 is 22.1 Å². The third kappa shape index (κ3) is 8.68. The summed E-state index contributed by atoms with van der Waals surface area (Å²) in [4.78, 5) is 28.4. The minimum absolute atomic E-state index is 0.